The molecule has 3 aromatic heterocycles. The first-order chi connectivity index (χ1) is 12.7. The van der Waals surface area contributed by atoms with Crippen molar-refractivity contribution in [3.8, 4) is 0 Å². The number of aromatic nitrogens is 4. The molecular weight excluding hydrogens is 366 g/mol. The van der Waals surface area contributed by atoms with Crippen LogP contribution >= 0.6 is 11.3 Å². The summed E-state index contributed by atoms with van der Waals surface area (Å²) in [6.07, 6.45) is 1.52. The monoisotopic (exact) mass is 389 g/mol. The number of aromatic amines is 1. The van der Waals surface area contributed by atoms with Gasteiger partial charge in [0.05, 0.1) is 12.1 Å². The molecule has 0 spiro atoms. The molecule has 8 nitrogen and oxygen atoms in total. The Morgan fingerprint density at radius 2 is 2.11 bits per heavy atom. The molecule has 0 aliphatic heterocycles. The molecule has 1 N–H and O–H groups in total. The first-order valence-corrected chi connectivity index (χ1v) is 9.65. The third-order valence-electron chi connectivity index (χ3n) is 4.10. The van der Waals surface area contributed by atoms with Gasteiger partial charge in [-0.1, -0.05) is 25.9 Å². The summed E-state index contributed by atoms with van der Waals surface area (Å²) >= 11 is 1.35. The lowest BCUT2D eigenvalue weighted by Gasteiger charge is -2.16. The van der Waals surface area contributed by atoms with Crippen LogP contribution in [0, 0.1) is 0 Å². The number of nitrogens with zero attached hydrogens (tertiary/aromatic N) is 4. The van der Waals surface area contributed by atoms with Crippen LogP contribution in [0.25, 0.3) is 10.2 Å². The van der Waals surface area contributed by atoms with Gasteiger partial charge in [-0.2, -0.15) is 4.98 Å². The zero-order chi connectivity index (χ0) is 19.6. The SMILES string of the molecule is CN(Cc1nc2ccsc2c(=O)[nH]1)C(=O)CCCc1nc(C(C)(C)C)no1. The van der Waals surface area contributed by atoms with Gasteiger partial charge in [0.15, 0.2) is 5.82 Å². The maximum atomic E-state index is 12.3. The van der Waals surface area contributed by atoms with E-state index < -0.39 is 0 Å². The van der Waals surface area contributed by atoms with Crippen molar-refractivity contribution < 1.29 is 9.32 Å². The third kappa shape index (κ3) is 4.60. The number of hydrogen-bond donors (Lipinski definition) is 1. The predicted molar refractivity (Wildman–Crippen MR) is 103 cm³/mol. The largest absolute Gasteiger partial charge is 0.339 e. The number of hydrogen-bond acceptors (Lipinski definition) is 7. The number of thiophene rings is 1. The highest BCUT2D eigenvalue weighted by molar-refractivity contribution is 7.17. The van der Waals surface area contributed by atoms with E-state index in [1.807, 2.05) is 26.2 Å². The highest BCUT2D eigenvalue weighted by Gasteiger charge is 2.21. The minimum absolute atomic E-state index is 0.0291. The van der Waals surface area contributed by atoms with Crippen molar-refractivity contribution in [1.29, 1.82) is 0 Å². The molecule has 144 valence electrons. The molecular formula is C18H23N5O3S. The first-order valence-electron chi connectivity index (χ1n) is 8.77. The minimum Gasteiger partial charge on any atom is -0.339 e. The zero-order valence-corrected chi connectivity index (χ0v) is 16.7. The predicted octanol–water partition coefficient (Wildman–Crippen LogP) is 2.65. The molecule has 0 radical (unpaired) electrons. The van der Waals surface area contributed by atoms with E-state index in [0.29, 0.717) is 47.0 Å². The number of fused-ring (bicyclic) bond motifs is 1. The third-order valence-corrected chi connectivity index (χ3v) is 5.00. The van der Waals surface area contributed by atoms with Crippen LogP contribution in [0.15, 0.2) is 20.8 Å². The van der Waals surface area contributed by atoms with Crippen LogP contribution in [-0.4, -0.2) is 38.0 Å². The van der Waals surface area contributed by atoms with E-state index in [0.717, 1.165) is 0 Å². The molecule has 3 aromatic rings. The van der Waals surface area contributed by atoms with Gasteiger partial charge in [-0.15, -0.1) is 11.3 Å². The molecule has 0 aromatic carbocycles. The molecule has 9 heteroatoms. The second kappa shape index (κ2) is 7.59. The van der Waals surface area contributed by atoms with Crippen molar-refractivity contribution in [2.75, 3.05) is 7.05 Å². The fourth-order valence-electron chi connectivity index (χ4n) is 2.55. The molecule has 1 amide bonds. The fraction of sp³-hybridized carbons (Fsp3) is 0.500. The number of carbonyl (C=O) groups is 1. The van der Waals surface area contributed by atoms with E-state index in [4.69, 9.17) is 4.52 Å². The van der Waals surface area contributed by atoms with Crippen LogP contribution in [0.1, 0.15) is 51.2 Å². The maximum absolute atomic E-state index is 12.3. The summed E-state index contributed by atoms with van der Waals surface area (Å²) < 4.78 is 5.84. The first kappa shape index (κ1) is 19.2. The lowest BCUT2D eigenvalue weighted by Crippen LogP contribution is -2.28. The summed E-state index contributed by atoms with van der Waals surface area (Å²) in [6.45, 7) is 6.32. The summed E-state index contributed by atoms with van der Waals surface area (Å²) in [5.74, 6) is 1.66. The molecule has 3 heterocycles. The Hall–Kier alpha value is -2.55. The van der Waals surface area contributed by atoms with Crippen molar-refractivity contribution >= 4 is 27.5 Å². The quantitative estimate of drug-likeness (QED) is 0.695. The minimum atomic E-state index is -0.170. The summed E-state index contributed by atoms with van der Waals surface area (Å²) in [5, 5.41) is 5.81. The number of amides is 1. The van der Waals surface area contributed by atoms with Crippen LogP contribution < -0.4 is 5.56 Å². The molecule has 27 heavy (non-hydrogen) atoms. The Bertz CT molecular complexity index is 998. The van der Waals surface area contributed by atoms with Gasteiger partial charge in [0.1, 0.15) is 10.5 Å². The Balaban J connectivity index is 1.53. The number of nitrogens with one attached hydrogen (secondary N) is 1. The molecule has 0 aliphatic carbocycles. The fourth-order valence-corrected chi connectivity index (χ4v) is 3.28. The highest BCUT2D eigenvalue weighted by Crippen LogP contribution is 2.19. The lowest BCUT2D eigenvalue weighted by atomic mass is 9.96. The smallest absolute Gasteiger partial charge is 0.268 e. The van der Waals surface area contributed by atoms with E-state index in [-0.39, 0.29) is 23.4 Å². The number of rotatable bonds is 6. The summed E-state index contributed by atoms with van der Waals surface area (Å²) in [4.78, 5) is 37.4. The van der Waals surface area contributed by atoms with Gasteiger partial charge < -0.3 is 14.4 Å². The number of carbonyl (C=O) groups excluding carboxylic acids is 1. The molecule has 3 rings (SSSR count). The molecule has 0 bridgehead atoms. The zero-order valence-electron chi connectivity index (χ0n) is 15.9. The van der Waals surface area contributed by atoms with Crippen LogP contribution in [0.2, 0.25) is 0 Å². The van der Waals surface area contributed by atoms with Gasteiger partial charge in [0, 0.05) is 25.3 Å². The standard InChI is InChI=1S/C18H23N5O3S/c1-18(2,3)17-21-13(26-22-17)6-5-7-14(24)23(4)10-12-19-11-8-9-27-15(11)16(25)20-12/h8-9H,5-7,10H2,1-4H3,(H,19,20,25). The molecule has 0 atom stereocenters. The summed E-state index contributed by atoms with van der Waals surface area (Å²) in [5.41, 5.74) is 0.327. The molecule has 0 unspecified atom stereocenters. The Labute approximate surface area is 160 Å². The molecule has 0 fully saturated rings. The van der Waals surface area contributed by atoms with Crippen molar-refractivity contribution in [2.24, 2.45) is 0 Å². The Kier molecular flexibility index (Phi) is 5.41. The highest BCUT2D eigenvalue weighted by atomic mass is 32.1. The second-order valence-corrected chi connectivity index (χ2v) is 8.43. The van der Waals surface area contributed by atoms with Crippen LogP contribution in [0.3, 0.4) is 0 Å². The Morgan fingerprint density at radius 1 is 1.33 bits per heavy atom. The van der Waals surface area contributed by atoms with E-state index in [2.05, 4.69) is 20.1 Å². The average Bonchev–Trinajstić information content (AvgIpc) is 3.23. The van der Waals surface area contributed by atoms with Gasteiger partial charge >= 0.3 is 0 Å². The van der Waals surface area contributed by atoms with Crippen molar-refractivity contribution in [3.63, 3.8) is 0 Å². The van der Waals surface area contributed by atoms with Crippen LogP contribution in [-0.2, 0) is 23.2 Å². The van der Waals surface area contributed by atoms with Gasteiger partial charge in [-0.25, -0.2) is 4.98 Å². The number of aryl methyl sites for hydroxylation is 1. The van der Waals surface area contributed by atoms with Gasteiger partial charge in [-0.3, -0.25) is 9.59 Å². The average molecular weight is 389 g/mol. The maximum Gasteiger partial charge on any atom is 0.268 e. The topological polar surface area (TPSA) is 105 Å². The lowest BCUT2D eigenvalue weighted by molar-refractivity contribution is -0.130. The van der Waals surface area contributed by atoms with Crippen molar-refractivity contribution in [2.45, 2.75) is 52.0 Å². The normalized spacial score (nSPS) is 11.9. The Morgan fingerprint density at radius 3 is 2.81 bits per heavy atom. The molecule has 0 saturated carbocycles. The summed E-state index contributed by atoms with van der Waals surface area (Å²) in [6, 6.07) is 1.80. The summed E-state index contributed by atoms with van der Waals surface area (Å²) in [7, 11) is 1.70. The van der Waals surface area contributed by atoms with Crippen LogP contribution in [0.5, 0.6) is 0 Å². The van der Waals surface area contributed by atoms with E-state index in [1.54, 1.807) is 18.0 Å². The molecule has 0 saturated heterocycles. The van der Waals surface area contributed by atoms with Gasteiger partial charge in [0.25, 0.3) is 5.56 Å². The van der Waals surface area contributed by atoms with Gasteiger partial charge in [0.2, 0.25) is 11.8 Å². The van der Waals surface area contributed by atoms with E-state index in [9.17, 15) is 9.59 Å². The van der Waals surface area contributed by atoms with Crippen molar-refractivity contribution in [1.82, 2.24) is 25.0 Å². The van der Waals surface area contributed by atoms with Crippen LogP contribution in [0.4, 0.5) is 0 Å². The molecule has 0 aliphatic rings. The number of H-pyrrole nitrogens is 1. The van der Waals surface area contributed by atoms with Crippen molar-refractivity contribution in [3.05, 3.63) is 39.3 Å². The van der Waals surface area contributed by atoms with E-state index in [1.165, 1.54) is 11.3 Å². The second-order valence-electron chi connectivity index (χ2n) is 7.51. The van der Waals surface area contributed by atoms with Gasteiger partial charge in [-0.05, 0) is 17.9 Å². The van der Waals surface area contributed by atoms with E-state index >= 15 is 0 Å².